The van der Waals surface area contributed by atoms with Crippen LogP contribution in [-0.4, -0.2) is 41.6 Å². The predicted molar refractivity (Wildman–Crippen MR) is 98.8 cm³/mol. The number of para-hydroxylation sites is 1. The second-order valence-corrected chi connectivity index (χ2v) is 6.24. The summed E-state index contributed by atoms with van der Waals surface area (Å²) in [5.74, 6) is -0.102. The lowest BCUT2D eigenvalue weighted by molar-refractivity contribution is -0.129. The van der Waals surface area contributed by atoms with E-state index in [-0.39, 0.29) is 17.5 Å². The first-order valence-electron chi connectivity index (χ1n) is 8.97. The number of methoxy groups -OCH3 is 1. The van der Waals surface area contributed by atoms with Crippen molar-refractivity contribution in [1.29, 1.82) is 0 Å². The van der Waals surface area contributed by atoms with Crippen molar-refractivity contribution < 1.29 is 24.3 Å². The largest absolute Gasteiger partial charge is 0.496 e. The number of hydrogen-bond acceptors (Lipinski definition) is 5. The van der Waals surface area contributed by atoms with E-state index in [1.165, 1.54) is 4.90 Å². The molecule has 8 heteroatoms. The van der Waals surface area contributed by atoms with Crippen LogP contribution in [0.2, 0.25) is 0 Å². The molecule has 0 bridgehead atoms. The summed E-state index contributed by atoms with van der Waals surface area (Å²) in [6.07, 6.45) is 5.91. The summed E-state index contributed by atoms with van der Waals surface area (Å²) in [4.78, 5) is 36.6. The van der Waals surface area contributed by atoms with E-state index >= 15 is 0 Å². The number of imide groups is 1. The minimum absolute atomic E-state index is 0.236. The Kier molecular flexibility index (Phi) is 7.81. The van der Waals surface area contributed by atoms with E-state index in [0.29, 0.717) is 31.6 Å². The van der Waals surface area contributed by atoms with Crippen molar-refractivity contribution >= 4 is 23.9 Å². The number of amides is 4. The lowest BCUT2D eigenvalue weighted by Gasteiger charge is -2.11. The van der Waals surface area contributed by atoms with E-state index < -0.39 is 6.03 Å². The number of carbonyl (C=O) groups is 3. The zero-order chi connectivity index (χ0) is 19.6. The average molecular weight is 375 g/mol. The molecule has 1 fully saturated rings. The van der Waals surface area contributed by atoms with Crippen LogP contribution < -0.4 is 15.5 Å². The summed E-state index contributed by atoms with van der Waals surface area (Å²) in [6, 6.07) is 6.85. The fourth-order valence-corrected chi connectivity index (χ4v) is 2.86. The van der Waals surface area contributed by atoms with Gasteiger partial charge in [-0.3, -0.25) is 19.7 Å². The van der Waals surface area contributed by atoms with Crippen LogP contribution in [0.15, 0.2) is 30.0 Å². The molecule has 8 nitrogen and oxygen atoms in total. The van der Waals surface area contributed by atoms with Crippen molar-refractivity contribution in [3.8, 4) is 5.75 Å². The van der Waals surface area contributed by atoms with Crippen LogP contribution in [0.5, 0.6) is 5.75 Å². The third-order valence-corrected chi connectivity index (χ3v) is 4.31. The SMILES string of the molecule is COc1ccccc1/C=C1\NC(=O)N(CCCCCCCC(=O)NO)C1=O. The van der Waals surface area contributed by atoms with Crippen molar-refractivity contribution in [2.75, 3.05) is 13.7 Å². The van der Waals surface area contributed by atoms with Gasteiger partial charge in [0.25, 0.3) is 5.91 Å². The molecule has 0 radical (unpaired) electrons. The minimum atomic E-state index is -0.416. The molecule has 1 aliphatic rings. The second kappa shape index (κ2) is 10.3. The monoisotopic (exact) mass is 375 g/mol. The van der Waals surface area contributed by atoms with Crippen LogP contribution in [0.3, 0.4) is 0 Å². The molecular weight excluding hydrogens is 350 g/mol. The molecule has 1 aliphatic heterocycles. The van der Waals surface area contributed by atoms with E-state index in [9.17, 15) is 14.4 Å². The van der Waals surface area contributed by atoms with Gasteiger partial charge in [-0.2, -0.15) is 0 Å². The molecule has 0 atom stereocenters. The van der Waals surface area contributed by atoms with Gasteiger partial charge >= 0.3 is 6.03 Å². The quantitative estimate of drug-likeness (QED) is 0.191. The molecule has 0 aliphatic carbocycles. The van der Waals surface area contributed by atoms with Gasteiger partial charge in [-0.15, -0.1) is 0 Å². The number of nitrogens with zero attached hydrogens (tertiary/aromatic N) is 1. The minimum Gasteiger partial charge on any atom is -0.496 e. The number of benzene rings is 1. The molecule has 1 aromatic rings. The zero-order valence-corrected chi connectivity index (χ0v) is 15.4. The number of hydroxylamine groups is 1. The number of hydrogen-bond donors (Lipinski definition) is 3. The third kappa shape index (κ3) is 5.82. The molecule has 146 valence electrons. The van der Waals surface area contributed by atoms with Gasteiger partial charge in [0.1, 0.15) is 11.4 Å². The first-order chi connectivity index (χ1) is 13.1. The van der Waals surface area contributed by atoms with E-state index in [2.05, 4.69) is 5.32 Å². The topological polar surface area (TPSA) is 108 Å². The van der Waals surface area contributed by atoms with Crippen molar-refractivity contribution in [2.24, 2.45) is 0 Å². The number of carbonyl (C=O) groups excluding carboxylic acids is 3. The highest BCUT2D eigenvalue weighted by Gasteiger charge is 2.33. The standard InChI is InChI=1S/C19H25N3O5/c1-27-16-10-7-6-9-14(16)13-15-18(24)22(19(25)20-15)12-8-4-2-3-5-11-17(23)21-26/h6-7,9-10,13,26H,2-5,8,11-12H2,1H3,(H,20,25)(H,21,23)/b15-13-. The maximum Gasteiger partial charge on any atom is 0.329 e. The first-order valence-corrected chi connectivity index (χ1v) is 8.97. The molecule has 0 unspecified atom stereocenters. The summed E-state index contributed by atoms with van der Waals surface area (Å²) < 4.78 is 5.26. The molecule has 1 aromatic carbocycles. The number of unbranched alkanes of at least 4 members (excludes halogenated alkanes) is 4. The summed E-state index contributed by atoms with van der Waals surface area (Å²) >= 11 is 0. The fraction of sp³-hybridized carbons (Fsp3) is 0.421. The van der Waals surface area contributed by atoms with E-state index in [1.807, 2.05) is 18.2 Å². The molecular formula is C19H25N3O5. The van der Waals surface area contributed by atoms with Crippen LogP contribution in [0, 0.1) is 0 Å². The second-order valence-electron chi connectivity index (χ2n) is 6.24. The Morgan fingerprint density at radius 2 is 1.89 bits per heavy atom. The Bertz CT molecular complexity index is 717. The Hall–Kier alpha value is -2.87. The van der Waals surface area contributed by atoms with Crippen LogP contribution in [0.4, 0.5) is 4.79 Å². The molecule has 2 rings (SSSR count). The summed E-state index contributed by atoms with van der Waals surface area (Å²) in [5, 5.41) is 11.0. The molecule has 0 aromatic heterocycles. The summed E-state index contributed by atoms with van der Waals surface area (Å²) in [7, 11) is 1.55. The number of urea groups is 1. The lowest BCUT2D eigenvalue weighted by atomic mass is 10.1. The molecule has 27 heavy (non-hydrogen) atoms. The first kappa shape index (κ1) is 20.4. The van der Waals surface area contributed by atoms with E-state index in [4.69, 9.17) is 9.94 Å². The van der Waals surface area contributed by atoms with Gasteiger partial charge < -0.3 is 10.1 Å². The Balaban J connectivity index is 1.80. The lowest BCUT2D eigenvalue weighted by Crippen LogP contribution is -2.31. The molecule has 1 heterocycles. The van der Waals surface area contributed by atoms with Crippen LogP contribution in [-0.2, 0) is 9.59 Å². The van der Waals surface area contributed by atoms with Gasteiger partial charge in [0, 0.05) is 18.5 Å². The molecule has 0 saturated carbocycles. The highest BCUT2D eigenvalue weighted by Crippen LogP contribution is 2.22. The highest BCUT2D eigenvalue weighted by molar-refractivity contribution is 6.14. The molecule has 1 saturated heterocycles. The third-order valence-electron chi connectivity index (χ3n) is 4.31. The Morgan fingerprint density at radius 3 is 2.63 bits per heavy atom. The summed E-state index contributed by atoms with van der Waals surface area (Å²) in [5.41, 5.74) is 2.56. The van der Waals surface area contributed by atoms with Crippen LogP contribution in [0.25, 0.3) is 6.08 Å². The molecule has 3 N–H and O–H groups in total. The van der Waals surface area contributed by atoms with Crippen molar-refractivity contribution in [3.05, 3.63) is 35.5 Å². The van der Waals surface area contributed by atoms with Gasteiger partial charge in [0.05, 0.1) is 7.11 Å². The average Bonchev–Trinajstić information content (AvgIpc) is 2.94. The van der Waals surface area contributed by atoms with Gasteiger partial charge in [0.15, 0.2) is 0 Å². The van der Waals surface area contributed by atoms with Crippen LogP contribution >= 0.6 is 0 Å². The smallest absolute Gasteiger partial charge is 0.329 e. The summed E-state index contributed by atoms with van der Waals surface area (Å²) in [6.45, 7) is 0.352. The zero-order valence-electron chi connectivity index (χ0n) is 15.4. The number of rotatable bonds is 10. The maximum atomic E-state index is 12.5. The van der Waals surface area contributed by atoms with Crippen molar-refractivity contribution in [3.63, 3.8) is 0 Å². The predicted octanol–water partition coefficient (Wildman–Crippen LogP) is 2.43. The fourth-order valence-electron chi connectivity index (χ4n) is 2.86. The van der Waals surface area contributed by atoms with Gasteiger partial charge in [-0.25, -0.2) is 10.3 Å². The van der Waals surface area contributed by atoms with Gasteiger partial charge in [-0.1, -0.05) is 37.5 Å². The maximum absolute atomic E-state index is 12.5. The van der Waals surface area contributed by atoms with E-state index in [1.54, 1.807) is 24.7 Å². The Labute approximate surface area is 158 Å². The van der Waals surface area contributed by atoms with Crippen molar-refractivity contribution in [2.45, 2.75) is 38.5 Å². The van der Waals surface area contributed by atoms with Crippen molar-refractivity contribution in [1.82, 2.24) is 15.7 Å². The van der Waals surface area contributed by atoms with Gasteiger partial charge in [0.2, 0.25) is 5.91 Å². The molecule has 4 amide bonds. The van der Waals surface area contributed by atoms with Gasteiger partial charge in [-0.05, 0) is 25.0 Å². The van der Waals surface area contributed by atoms with E-state index in [0.717, 1.165) is 24.8 Å². The normalized spacial score (nSPS) is 15.2. The highest BCUT2D eigenvalue weighted by atomic mass is 16.5. The number of nitrogens with one attached hydrogen (secondary N) is 2. The molecule has 0 spiro atoms. The Morgan fingerprint density at radius 1 is 1.19 bits per heavy atom. The van der Waals surface area contributed by atoms with Crippen LogP contribution in [0.1, 0.15) is 44.1 Å². The number of ether oxygens (including phenoxy) is 1.